The Kier molecular flexibility index (Phi) is 6.08. The average Bonchev–Trinajstić information content (AvgIpc) is 2.50. The molecule has 1 aliphatic rings. The zero-order valence-corrected chi connectivity index (χ0v) is 13.3. The summed E-state index contributed by atoms with van der Waals surface area (Å²) in [6.07, 6.45) is 1.30. The van der Waals surface area contributed by atoms with Gasteiger partial charge in [0.25, 0.3) is 0 Å². The molecule has 1 saturated heterocycles. The molecule has 5 heteroatoms. The number of hydrogen-bond donors (Lipinski definition) is 1. The summed E-state index contributed by atoms with van der Waals surface area (Å²) in [6.45, 7) is 11.2. The molecule has 2 rings (SSSR count). The molecule has 4 nitrogen and oxygen atoms in total. The van der Waals surface area contributed by atoms with Gasteiger partial charge in [0.2, 0.25) is 0 Å². The lowest BCUT2D eigenvalue weighted by atomic mass is 9.97. The topological polar surface area (TPSA) is 31.4 Å². The third-order valence-corrected chi connectivity index (χ3v) is 4.41. The molecule has 1 aliphatic heterocycles. The number of likely N-dealkylation sites (N-methyl/N-ethyl adjacent to an activating group) is 1. The highest BCUT2D eigenvalue weighted by Gasteiger charge is 2.23. The summed E-state index contributed by atoms with van der Waals surface area (Å²) >= 11 is 0. The van der Waals surface area contributed by atoms with Crippen LogP contribution in [0.15, 0.2) is 18.3 Å². The zero-order chi connectivity index (χ0) is 15.2. The summed E-state index contributed by atoms with van der Waals surface area (Å²) in [5, 5.41) is 3.33. The van der Waals surface area contributed by atoms with E-state index in [2.05, 4.69) is 33.9 Å². The molecule has 1 fully saturated rings. The van der Waals surface area contributed by atoms with Gasteiger partial charge >= 0.3 is 0 Å². The first-order valence-corrected chi connectivity index (χ1v) is 7.87. The van der Waals surface area contributed by atoms with E-state index < -0.39 is 0 Å². The van der Waals surface area contributed by atoms with E-state index in [-0.39, 0.29) is 11.9 Å². The molecule has 0 aliphatic carbocycles. The molecule has 21 heavy (non-hydrogen) atoms. The number of nitrogens with zero attached hydrogens (tertiary/aromatic N) is 3. The fraction of sp³-hybridized carbons (Fsp3) is 0.688. The Morgan fingerprint density at radius 3 is 2.43 bits per heavy atom. The van der Waals surface area contributed by atoms with E-state index in [0.29, 0.717) is 5.92 Å². The molecule has 1 aromatic rings. The summed E-state index contributed by atoms with van der Waals surface area (Å²) in [4.78, 5) is 9.23. The van der Waals surface area contributed by atoms with Gasteiger partial charge < -0.3 is 15.1 Å². The highest BCUT2D eigenvalue weighted by molar-refractivity contribution is 5.11. The molecule has 2 heterocycles. The minimum Gasteiger partial charge on any atom is -0.311 e. The van der Waals surface area contributed by atoms with Crippen LogP contribution in [0.25, 0.3) is 0 Å². The Morgan fingerprint density at radius 1 is 1.24 bits per heavy atom. The van der Waals surface area contributed by atoms with Gasteiger partial charge in [-0.3, -0.25) is 4.98 Å². The maximum absolute atomic E-state index is 13.0. The molecule has 0 aromatic carbocycles. The highest BCUT2D eigenvalue weighted by Crippen LogP contribution is 2.21. The Morgan fingerprint density at radius 2 is 1.90 bits per heavy atom. The monoisotopic (exact) mass is 294 g/mol. The van der Waals surface area contributed by atoms with Crippen LogP contribution in [0.3, 0.4) is 0 Å². The van der Waals surface area contributed by atoms with Gasteiger partial charge in [0, 0.05) is 32.7 Å². The Bertz CT molecular complexity index is 415. The molecule has 0 spiro atoms. The summed E-state index contributed by atoms with van der Waals surface area (Å²) in [5.41, 5.74) is 0.915. The second-order valence-corrected chi connectivity index (χ2v) is 5.88. The van der Waals surface area contributed by atoms with E-state index in [9.17, 15) is 4.39 Å². The van der Waals surface area contributed by atoms with E-state index >= 15 is 0 Å². The van der Waals surface area contributed by atoms with Gasteiger partial charge in [0.05, 0.1) is 17.9 Å². The van der Waals surface area contributed by atoms with Crippen LogP contribution in [-0.2, 0) is 0 Å². The van der Waals surface area contributed by atoms with Gasteiger partial charge in [-0.2, -0.15) is 0 Å². The first kappa shape index (κ1) is 16.3. The lowest BCUT2D eigenvalue weighted by Crippen LogP contribution is -2.48. The van der Waals surface area contributed by atoms with Crippen LogP contribution >= 0.6 is 0 Å². The van der Waals surface area contributed by atoms with Crippen LogP contribution in [0.5, 0.6) is 0 Å². The third-order valence-electron chi connectivity index (χ3n) is 4.41. The quantitative estimate of drug-likeness (QED) is 0.866. The fourth-order valence-corrected chi connectivity index (χ4v) is 3.10. The first-order chi connectivity index (χ1) is 10.1. The standard InChI is InChI=1S/C16H27FN4/c1-4-20-7-9-21(10-8-20)12-13(2)16(18-3)15-6-5-14(17)11-19-15/h5-6,11,13,16,18H,4,7-10,12H2,1-3H3. The van der Waals surface area contributed by atoms with Crippen molar-refractivity contribution in [3.63, 3.8) is 0 Å². The molecule has 1 N–H and O–H groups in total. The largest absolute Gasteiger partial charge is 0.311 e. The minimum atomic E-state index is -0.281. The van der Waals surface area contributed by atoms with Crippen molar-refractivity contribution >= 4 is 0 Å². The Balaban J connectivity index is 1.91. The van der Waals surface area contributed by atoms with Crippen molar-refractivity contribution in [1.82, 2.24) is 20.1 Å². The van der Waals surface area contributed by atoms with E-state index in [1.807, 2.05) is 7.05 Å². The van der Waals surface area contributed by atoms with Crippen LogP contribution in [0.1, 0.15) is 25.6 Å². The SMILES string of the molecule is CCN1CCN(CC(C)C(NC)c2ccc(F)cn2)CC1. The van der Waals surface area contributed by atoms with Crippen LogP contribution < -0.4 is 5.32 Å². The van der Waals surface area contributed by atoms with Crippen molar-refractivity contribution in [3.8, 4) is 0 Å². The molecule has 0 radical (unpaired) electrons. The molecular weight excluding hydrogens is 267 g/mol. The fourth-order valence-electron chi connectivity index (χ4n) is 3.10. The van der Waals surface area contributed by atoms with Gasteiger partial charge in [0.15, 0.2) is 0 Å². The number of hydrogen-bond acceptors (Lipinski definition) is 4. The molecular formula is C16H27FN4. The van der Waals surface area contributed by atoms with Gasteiger partial charge in [-0.05, 0) is 31.6 Å². The number of piperazine rings is 1. The van der Waals surface area contributed by atoms with Crippen LogP contribution in [-0.4, -0.2) is 61.1 Å². The number of pyridine rings is 1. The van der Waals surface area contributed by atoms with Crippen LogP contribution in [0.4, 0.5) is 4.39 Å². The van der Waals surface area contributed by atoms with Crippen molar-refractivity contribution in [2.45, 2.75) is 19.9 Å². The lowest BCUT2D eigenvalue weighted by Gasteiger charge is -2.36. The highest BCUT2D eigenvalue weighted by atomic mass is 19.1. The van der Waals surface area contributed by atoms with Crippen molar-refractivity contribution in [1.29, 1.82) is 0 Å². The molecule has 2 atom stereocenters. The Labute approximate surface area is 127 Å². The van der Waals surface area contributed by atoms with Crippen LogP contribution in [0, 0.1) is 11.7 Å². The normalized spacial score (nSPS) is 20.4. The second-order valence-electron chi connectivity index (χ2n) is 5.88. The summed E-state index contributed by atoms with van der Waals surface area (Å²) in [6, 6.07) is 3.43. The predicted octanol–water partition coefficient (Wildman–Crippen LogP) is 1.75. The predicted molar refractivity (Wildman–Crippen MR) is 83.7 cm³/mol. The molecule has 118 valence electrons. The maximum atomic E-state index is 13.0. The van der Waals surface area contributed by atoms with E-state index in [1.54, 1.807) is 6.07 Å². The maximum Gasteiger partial charge on any atom is 0.141 e. The van der Waals surface area contributed by atoms with Gasteiger partial charge in [-0.15, -0.1) is 0 Å². The summed E-state index contributed by atoms with van der Waals surface area (Å²) in [7, 11) is 1.95. The third kappa shape index (κ3) is 4.46. The summed E-state index contributed by atoms with van der Waals surface area (Å²) in [5.74, 6) is 0.151. The second kappa shape index (κ2) is 7.82. The van der Waals surface area contributed by atoms with Crippen molar-refractivity contribution in [3.05, 3.63) is 29.8 Å². The molecule has 0 amide bonds. The van der Waals surface area contributed by atoms with E-state index in [4.69, 9.17) is 0 Å². The number of aromatic nitrogens is 1. The van der Waals surface area contributed by atoms with Gasteiger partial charge in [-0.25, -0.2) is 4.39 Å². The zero-order valence-electron chi connectivity index (χ0n) is 13.3. The van der Waals surface area contributed by atoms with Gasteiger partial charge in [0.1, 0.15) is 5.82 Å². The Hall–Kier alpha value is -1.04. The van der Waals surface area contributed by atoms with Crippen LogP contribution in [0.2, 0.25) is 0 Å². The number of nitrogens with one attached hydrogen (secondary N) is 1. The van der Waals surface area contributed by atoms with E-state index in [0.717, 1.165) is 45.0 Å². The smallest absolute Gasteiger partial charge is 0.141 e. The average molecular weight is 294 g/mol. The van der Waals surface area contributed by atoms with E-state index in [1.165, 1.54) is 12.3 Å². The lowest BCUT2D eigenvalue weighted by molar-refractivity contribution is 0.117. The molecule has 0 saturated carbocycles. The molecule has 1 aromatic heterocycles. The number of halogens is 1. The van der Waals surface area contributed by atoms with Gasteiger partial charge in [-0.1, -0.05) is 13.8 Å². The van der Waals surface area contributed by atoms with Crippen molar-refractivity contribution in [2.75, 3.05) is 46.3 Å². The summed E-state index contributed by atoms with van der Waals surface area (Å²) < 4.78 is 13.0. The number of rotatable bonds is 6. The molecule has 2 unspecified atom stereocenters. The van der Waals surface area contributed by atoms with Crippen molar-refractivity contribution < 1.29 is 4.39 Å². The first-order valence-electron chi connectivity index (χ1n) is 7.87. The van der Waals surface area contributed by atoms with Crippen molar-refractivity contribution in [2.24, 2.45) is 5.92 Å². The minimum absolute atomic E-state index is 0.162. The molecule has 0 bridgehead atoms.